The lowest BCUT2D eigenvalue weighted by molar-refractivity contribution is 0.00870. The summed E-state index contributed by atoms with van der Waals surface area (Å²) in [6.07, 6.45) is 6.18. The van der Waals surface area contributed by atoms with Gasteiger partial charge in [-0.05, 0) is 49.5 Å². The van der Waals surface area contributed by atoms with Gasteiger partial charge in [0, 0.05) is 19.0 Å². The van der Waals surface area contributed by atoms with Gasteiger partial charge in [-0.25, -0.2) is 4.79 Å². The lowest BCUT2D eigenvalue weighted by Crippen LogP contribution is -2.46. The van der Waals surface area contributed by atoms with Crippen molar-refractivity contribution in [3.63, 3.8) is 0 Å². The van der Waals surface area contributed by atoms with Gasteiger partial charge in [-0.3, -0.25) is 0 Å². The molecule has 0 radical (unpaired) electrons. The number of nitrogens with zero attached hydrogens (tertiary/aromatic N) is 2. The van der Waals surface area contributed by atoms with Gasteiger partial charge >= 0.3 is 6.09 Å². The zero-order valence-corrected chi connectivity index (χ0v) is 13.7. The van der Waals surface area contributed by atoms with E-state index in [0.717, 1.165) is 44.1 Å². The summed E-state index contributed by atoms with van der Waals surface area (Å²) in [5.74, 6) is 0.264. The van der Waals surface area contributed by atoms with Gasteiger partial charge in [-0.15, -0.1) is 0 Å². The van der Waals surface area contributed by atoms with Gasteiger partial charge in [-0.1, -0.05) is 30.3 Å². The van der Waals surface area contributed by atoms with Gasteiger partial charge in [0.2, 0.25) is 0 Å². The first-order chi connectivity index (χ1) is 11.1. The predicted octanol–water partition coefficient (Wildman–Crippen LogP) is 4.12. The van der Waals surface area contributed by atoms with Crippen molar-refractivity contribution in [1.29, 1.82) is 5.26 Å². The van der Waals surface area contributed by atoms with Gasteiger partial charge in [0.15, 0.2) is 0 Å². The Balaban J connectivity index is 1.45. The van der Waals surface area contributed by atoms with Crippen LogP contribution in [0.5, 0.6) is 0 Å². The van der Waals surface area contributed by atoms with Crippen LogP contribution in [0.25, 0.3) is 0 Å². The van der Waals surface area contributed by atoms with Crippen LogP contribution in [0.2, 0.25) is 0 Å². The van der Waals surface area contributed by atoms with Crippen LogP contribution in [0.1, 0.15) is 44.1 Å². The van der Waals surface area contributed by atoms with Crippen LogP contribution in [0.15, 0.2) is 30.3 Å². The summed E-state index contributed by atoms with van der Waals surface area (Å²) in [7, 11) is 1.84. The van der Waals surface area contributed by atoms with E-state index in [2.05, 4.69) is 6.07 Å². The predicted molar refractivity (Wildman–Crippen MR) is 87.4 cm³/mol. The van der Waals surface area contributed by atoms with Crippen molar-refractivity contribution >= 4 is 6.09 Å². The molecule has 122 valence electrons. The van der Waals surface area contributed by atoms with Crippen molar-refractivity contribution in [3.05, 3.63) is 35.9 Å². The molecule has 0 saturated heterocycles. The van der Waals surface area contributed by atoms with Crippen LogP contribution in [0.4, 0.5) is 4.79 Å². The molecule has 0 aliphatic heterocycles. The van der Waals surface area contributed by atoms with E-state index >= 15 is 0 Å². The fourth-order valence-corrected chi connectivity index (χ4v) is 4.06. The molecule has 1 amide bonds. The fourth-order valence-electron chi connectivity index (χ4n) is 4.06. The maximum atomic E-state index is 12.2. The molecule has 1 aromatic carbocycles. The van der Waals surface area contributed by atoms with E-state index in [4.69, 9.17) is 10.00 Å². The molecular weight excluding hydrogens is 288 g/mol. The summed E-state index contributed by atoms with van der Waals surface area (Å²) in [4.78, 5) is 14.0. The summed E-state index contributed by atoms with van der Waals surface area (Å²) in [5.41, 5.74) is 1.40. The standard InChI is InChI=1S/C19H24N2O2/c1-21(18(22)23-14-15-5-3-2-4-6-15)17-7-9-19(10-8-17)11-16(12-19)13-20/h2-6,16-17H,7-12,14H2,1H3. The molecule has 2 aliphatic rings. The van der Waals surface area contributed by atoms with Crippen LogP contribution in [0.3, 0.4) is 0 Å². The minimum absolute atomic E-state index is 0.238. The molecule has 1 aromatic rings. The van der Waals surface area contributed by atoms with Crippen LogP contribution in [-0.2, 0) is 11.3 Å². The molecule has 2 fully saturated rings. The smallest absolute Gasteiger partial charge is 0.410 e. The topological polar surface area (TPSA) is 53.3 Å². The Morgan fingerprint density at radius 1 is 1.30 bits per heavy atom. The number of hydrogen-bond acceptors (Lipinski definition) is 3. The SMILES string of the molecule is CN(C(=O)OCc1ccccc1)C1CCC2(CC1)CC(C#N)C2. The number of carbonyl (C=O) groups excluding carboxylic acids is 1. The molecule has 1 spiro atoms. The Labute approximate surface area is 138 Å². The molecule has 4 heteroatoms. The summed E-state index contributed by atoms with van der Waals surface area (Å²) < 4.78 is 5.41. The van der Waals surface area contributed by atoms with Crippen molar-refractivity contribution in [1.82, 2.24) is 4.90 Å². The summed E-state index contributed by atoms with van der Waals surface area (Å²) in [6.45, 7) is 0.324. The molecule has 3 rings (SSSR count). The number of carbonyl (C=O) groups is 1. The maximum absolute atomic E-state index is 12.2. The summed E-state index contributed by atoms with van der Waals surface area (Å²) in [6, 6.07) is 12.4. The molecule has 0 N–H and O–H groups in total. The van der Waals surface area contributed by atoms with Crippen LogP contribution in [-0.4, -0.2) is 24.1 Å². The molecule has 23 heavy (non-hydrogen) atoms. The third-order valence-corrected chi connectivity index (χ3v) is 5.60. The van der Waals surface area contributed by atoms with E-state index < -0.39 is 0 Å². The average Bonchev–Trinajstić information content (AvgIpc) is 2.58. The molecule has 0 heterocycles. The van der Waals surface area contributed by atoms with Gasteiger partial charge < -0.3 is 9.64 Å². The minimum Gasteiger partial charge on any atom is -0.445 e. The van der Waals surface area contributed by atoms with Gasteiger partial charge in [0.1, 0.15) is 6.61 Å². The lowest BCUT2D eigenvalue weighted by Gasteiger charge is -2.50. The minimum atomic E-state index is -0.238. The molecule has 0 bridgehead atoms. The average molecular weight is 312 g/mol. The molecule has 0 aromatic heterocycles. The lowest BCUT2D eigenvalue weighted by atomic mass is 9.55. The zero-order valence-electron chi connectivity index (χ0n) is 13.7. The molecule has 2 saturated carbocycles. The van der Waals surface area contributed by atoms with E-state index in [9.17, 15) is 4.79 Å². The first-order valence-electron chi connectivity index (χ1n) is 8.45. The molecular formula is C19H24N2O2. The van der Waals surface area contributed by atoms with Crippen molar-refractivity contribution in [2.24, 2.45) is 11.3 Å². The van der Waals surface area contributed by atoms with E-state index in [1.807, 2.05) is 37.4 Å². The molecule has 4 nitrogen and oxygen atoms in total. The number of ether oxygens (including phenoxy) is 1. The zero-order chi connectivity index (χ0) is 16.3. The molecule has 2 aliphatic carbocycles. The highest BCUT2D eigenvalue weighted by atomic mass is 16.6. The first-order valence-corrected chi connectivity index (χ1v) is 8.45. The highest BCUT2D eigenvalue weighted by molar-refractivity contribution is 5.67. The van der Waals surface area contributed by atoms with Crippen molar-refractivity contribution in [2.45, 2.75) is 51.2 Å². The quantitative estimate of drug-likeness (QED) is 0.843. The highest BCUT2D eigenvalue weighted by Crippen LogP contribution is 2.54. The number of hydrogen-bond donors (Lipinski definition) is 0. The van der Waals surface area contributed by atoms with Crippen molar-refractivity contribution in [3.8, 4) is 6.07 Å². The fraction of sp³-hybridized carbons (Fsp3) is 0.579. The van der Waals surface area contributed by atoms with Crippen molar-refractivity contribution < 1.29 is 9.53 Å². The Hall–Kier alpha value is -2.02. The van der Waals surface area contributed by atoms with Crippen LogP contribution in [0, 0.1) is 22.7 Å². The van der Waals surface area contributed by atoms with Gasteiger partial charge in [-0.2, -0.15) is 5.26 Å². The third kappa shape index (κ3) is 3.50. The summed E-state index contributed by atoms with van der Waals surface area (Å²) >= 11 is 0. The van der Waals surface area contributed by atoms with E-state index in [1.165, 1.54) is 0 Å². The second-order valence-corrected chi connectivity index (χ2v) is 7.12. The summed E-state index contributed by atoms with van der Waals surface area (Å²) in [5, 5.41) is 8.95. The largest absolute Gasteiger partial charge is 0.445 e. The Morgan fingerprint density at radius 3 is 2.57 bits per heavy atom. The number of amides is 1. The Bertz CT molecular complexity index is 577. The monoisotopic (exact) mass is 312 g/mol. The van der Waals surface area contributed by atoms with Crippen molar-refractivity contribution in [2.75, 3.05) is 7.05 Å². The molecule has 0 atom stereocenters. The highest BCUT2D eigenvalue weighted by Gasteiger charge is 2.46. The number of rotatable bonds is 3. The normalized spacial score (nSPS) is 29.4. The second-order valence-electron chi connectivity index (χ2n) is 7.12. The third-order valence-electron chi connectivity index (χ3n) is 5.60. The van der Waals surface area contributed by atoms with Crippen LogP contribution >= 0.6 is 0 Å². The van der Waals surface area contributed by atoms with Gasteiger partial charge in [0.05, 0.1) is 6.07 Å². The first kappa shape index (κ1) is 15.9. The second kappa shape index (κ2) is 6.62. The number of nitriles is 1. The van der Waals surface area contributed by atoms with E-state index in [1.54, 1.807) is 4.90 Å². The van der Waals surface area contributed by atoms with Crippen LogP contribution < -0.4 is 0 Å². The van der Waals surface area contributed by atoms with Gasteiger partial charge in [0.25, 0.3) is 0 Å². The molecule has 0 unspecified atom stereocenters. The Morgan fingerprint density at radius 2 is 1.96 bits per heavy atom. The van der Waals surface area contributed by atoms with E-state index in [0.29, 0.717) is 12.0 Å². The van der Waals surface area contributed by atoms with E-state index in [-0.39, 0.29) is 18.1 Å². The number of benzene rings is 1. The Kier molecular flexibility index (Phi) is 4.56. The maximum Gasteiger partial charge on any atom is 0.410 e.